The van der Waals surface area contributed by atoms with Gasteiger partial charge in [-0.2, -0.15) is 0 Å². The van der Waals surface area contributed by atoms with Gasteiger partial charge in [0.1, 0.15) is 5.76 Å². The standard InChI is InChI=1S/C19H21N5O3S/c1-11-5-6-14(9-12(11)2)20-18(26)21-16(25)10-28-19-23-22-17(24(19)4)15-7-8-27-13(15)3/h5-9H,10H2,1-4H3,(H2,20,21,25,26). The molecule has 0 saturated carbocycles. The van der Waals surface area contributed by atoms with Gasteiger partial charge in [0.2, 0.25) is 5.91 Å². The second-order valence-electron chi connectivity index (χ2n) is 6.35. The quantitative estimate of drug-likeness (QED) is 0.637. The van der Waals surface area contributed by atoms with E-state index in [0.717, 1.165) is 22.5 Å². The van der Waals surface area contributed by atoms with Crippen LogP contribution in [0.25, 0.3) is 11.4 Å². The second-order valence-corrected chi connectivity index (χ2v) is 7.29. The summed E-state index contributed by atoms with van der Waals surface area (Å²) in [6.45, 7) is 5.80. The van der Waals surface area contributed by atoms with E-state index >= 15 is 0 Å². The first-order valence-electron chi connectivity index (χ1n) is 8.60. The van der Waals surface area contributed by atoms with E-state index in [2.05, 4.69) is 20.8 Å². The highest BCUT2D eigenvalue weighted by Crippen LogP contribution is 2.25. The number of urea groups is 1. The maximum atomic E-state index is 12.1. The van der Waals surface area contributed by atoms with E-state index < -0.39 is 11.9 Å². The molecule has 0 unspecified atom stereocenters. The van der Waals surface area contributed by atoms with Crippen LogP contribution in [0.1, 0.15) is 16.9 Å². The van der Waals surface area contributed by atoms with Crippen molar-refractivity contribution in [1.82, 2.24) is 20.1 Å². The van der Waals surface area contributed by atoms with Crippen molar-refractivity contribution < 1.29 is 14.0 Å². The lowest BCUT2D eigenvalue weighted by Crippen LogP contribution is -2.35. The molecule has 3 amide bonds. The predicted octanol–water partition coefficient (Wildman–Crippen LogP) is 3.44. The van der Waals surface area contributed by atoms with Crippen LogP contribution in [0.2, 0.25) is 0 Å². The molecule has 0 aliphatic rings. The average Bonchev–Trinajstić information content (AvgIpc) is 3.21. The molecule has 3 rings (SSSR count). The molecule has 0 spiro atoms. The van der Waals surface area contributed by atoms with Gasteiger partial charge in [0.15, 0.2) is 11.0 Å². The number of carbonyl (C=O) groups excluding carboxylic acids is 2. The molecule has 2 heterocycles. The molecule has 0 bridgehead atoms. The van der Waals surface area contributed by atoms with Gasteiger partial charge in [0.05, 0.1) is 17.6 Å². The Hall–Kier alpha value is -3.07. The number of nitrogens with one attached hydrogen (secondary N) is 2. The van der Waals surface area contributed by atoms with Gasteiger partial charge in [0, 0.05) is 12.7 Å². The Bertz CT molecular complexity index is 1020. The number of thioether (sulfide) groups is 1. The molecule has 0 radical (unpaired) electrons. The van der Waals surface area contributed by atoms with Crippen LogP contribution in [-0.2, 0) is 11.8 Å². The van der Waals surface area contributed by atoms with Crippen LogP contribution >= 0.6 is 11.8 Å². The van der Waals surface area contributed by atoms with Crippen LogP contribution in [-0.4, -0.2) is 32.5 Å². The van der Waals surface area contributed by atoms with Crippen LogP contribution in [0.3, 0.4) is 0 Å². The minimum absolute atomic E-state index is 0.0384. The SMILES string of the molecule is Cc1ccc(NC(=O)NC(=O)CSc2nnc(-c3ccoc3C)n2C)cc1C. The van der Waals surface area contributed by atoms with E-state index in [0.29, 0.717) is 16.7 Å². The molecule has 3 aromatic rings. The molecular weight excluding hydrogens is 378 g/mol. The van der Waals surface area contributed by atoms with Gasteiger partial charge >= 0.3 is 6.03 Å². The van der Waals surface area contributed by atoms with E-state index in [1.807, 2.05) is 46.0 Å². The van der Waals surface area contributed by atoms with Crippen molar-refractivity contribution in [2.75, 3.05) is 11.1 Å². The molecule has 146 valence electrons. The van der Waals surface area contributed by atoms with Gasteiger partial charge < -0.3 is 14.3 Å². The minimum Gasteiger partial charge on any atom is -0.469 e. The summed E-state index contributed by atoms with van der Waals surface area (Å²) in [5.41, 5.74) is 3.67. The number of amides is 3. The molecule has 0 fully saturated rings. The first-order chi connectivity index (χ1) is 13.3. The first kappa shape index (κ1) is 19.7. The molecule has 28 heavy (non-hydrogen) atoms. The van der Waals surface area contributed by atoms with Crippen molar-refractivity contribution in [3.05, 3.63) is 47.4 Å². The van der Waals surface area contributed by atoms with Crippen molar-refractivity contribution in [3.63, 3.8) is 0 Å². The minimum atomic E-state index is -0.568. The number of hydrogen-bond acceptors (Lipinski definition) is 6. The van der Waals surface area contributed by atoms with Crippen LogP contribution in [0.15, 0.2) is 40.1 Å². The lowest BCUT2D eigenvalue weighted by molar-refractivity contribution is -0.117. The Balaban J connectivity index is 1.54. The monoisotopic (exact) mass is 399 g/mol. The number of aromatic nitrogens is 3. The molecule has 2 aromatic heterocycles. The number of anilines is 1. The highest BCUT2D eigenvalue weighted by Gasteiger charge is 2.16. The van der Waals surface area contributed by atoms with Crippen LogP contribution in [0, 0.1) is 20.8 Å². The van der Waals surface area contributed by atoms with Gasteiger partial charge in [-0.3, -0.25) is 10.1 Å². The number of furan rings is 1. The van der Waals surface area contributed by atoms with Crippen molar-refractivity contribution in [1.29, 1.82) is 0 Å². The Morgan fingerprint density at radius 2 is 1.93 bits per heavy atom. The first-order valence-corrected chi connectivity index (χ1v) is 9.58. The van der Waals surface area contributed by atoms with E-state index in [1.165, 1.54) is 11.8 Å². The lowest BCUT2D eigenvalue weighted by atomic mass is 10.1. The fourth-order valence-electron chi connectivity index (χ4n) is 2.57. The Kier molecular flexibility index (Phi) is 5.84. The zero-order valence-corrected chi connectivity index (χ0v) is 16.9. The fraction of sp³-hybridized carbons (Fsp3) is 0.263. The predicted molar refractivity (Wildman–Crippen MR) is 107 cm³/mol. The number of rotatable bonds is 5. The molecule has 1 aromatic carbocycles. The van der Waals surface area contributed by atoms with Crippen molar-refractivity contribution in [2.45, 2.75) is 25.9 Å². The number of nitrogens with zero attached hydrogens (tertiary/aromatic N) is 3. The summed E-state index contributed by atoms with van der Waals surface area (Å²) in [4.78, 5) is 24.1. The van der Waals surface area contributed by atoms with Crippen LogP contribution in [0.4, 0.5) is 10.5 Å². The molecule has 0 saturated heterocycles. The zero-order valence-electron chi connectivity index (χ0n) is 16.1. The number of hydrogen-bond donors (Lipinski definition) is 2. The average molecular weight is 399 g/mol. The molecule has 8 nitrogen and oxygen atoms in total. The third-order valence-corrected chi connectivity index (χ3v) is 5.30. The molecule has 9 heteroatoms. The van der Waals surface area contributed by atoms with Gasteiger partial charge in [-0.1, -0.05) is 17.8 Å². The van der Waals surface area contributed by atoms with Crippen molar-refractivity contribution >= 4 is 29.4 Å². The number of aryl methyl sites for hydroxylation is 3. The van der Waals surface area contributed by atoms with Crippen LogP contribution < -0.4 is 10.6 Å². The summed E-state index contributed by atoms with van der Waals surface area (Å²) >= 11 is 1.20. The zero-order chi connectivity index (χ0) is 20.3. The lowest BCUT2D eigenvalue weighted by Gasteiger charge is -2.08. The fourth-order valence-corrected chi connectivity index (χ4v) is 3.28. The molecule has 0 aliphatic heterocycles. The third-order valence-electron chi connectivity index (χ3n) is 4.28. The summed E-state index contributed by atoms with van der Waals surface area (Å²) in [5.74, 6) is 1.02. The summed E-state index contributed by atoms with van der Waals surface area (Å²) in [5, 5.41) is 13.8. The molecular formula is C19H21N5O3S. The number of carbonyl (C=O) groups is 2. The summed E-state index contributed by atoms with van der Waals surface area (Å²) < 4.78 is 7.07. The highest BCUT2D eigenvalue weighted by molar-refractivity contribution is 7.99. The van der Waals surface area contributed by atoms with Gasteiger partial charge in [0.25, 0.3) is 0 Å². The number of benzene rings is 1. The van der Waals surface area contributed by atoms with E-state index in [1.54, 1.807) is 16.9 Å². The van der Waals surface area contributed by atoms with Crippen molar-refractivity contribution in [3.8, 4) is 11.4 Å². The largest absolute Gasteiger partial charge is 0.469 e. The van der Waals surface area contributed by atoms with Gasteiger partial charge in [-0.05, 0) is 50.1 Å². The second kappa shape index (κ2) is 8.30. The topological polar surface area (TPSA) is 102 Å². The van der Waals surface area contributed by atoms with Crippen LogP contribution in [0.5, 0.6) is 0 Å². The Labute approximate surface area is 166 Å². The Morgan fingerprint density at radius 1 is 1.14 bits per heavy atom. The van der Waals surface area contributed by atoms with E-state index in [4.69, 9.17) is 4.42 Å². The maximum absolute atomic E-state index is 12.1. The summed E-state index contributed by atoms with van der Waals surface area (Å²) in [7, 11) is 1.81. The number of imide groups is 1. The van der Waals surface area contributed by atoms with E-state index in [-0.39, 0.29) is 5.75 Å². The highest BCUT2D eigenvalue weighted by atomic mass is 32.2. The molecule has 2 N–H and O–H groups in total. The smallest absolute Gasteiger partial charge is 0.325 e. The Morgan fingerprint density at radius 3 is 2.61 bits per heavy atom. The maximum Gasteiger partial charge on any atom is 0.325 e. The van der Waals surface area contributed by atoms with Gasteiger partial charge in [-0.25, -0.2) is 4.79 Å². The normalized spacial score (nSPS) is 10.7. The van der Waals surface area contributed by atoms with E-state index in [9.17, 15) is 9.59 Å². The third kappa shape index (κ3) is 4.42. The molecule has 0 atom stereocenters. The summed E-state index contributed by atoms with van der Waals surface area (Å²) in [6, 6.07) is 6.81. The van der Waals surface area contributed by atoms with Crippen molar-refractivity contribution in [2.24, 2.45) is 7.05 Å². The molecule has 0 aliphatic carbocycles. The summed E-state index contributed by atoms with van der Waals surface area (Å²) in [6.07, 6.45) is 1.59. The van der Waals surface area contributed by atoms with Gasteiger partial charge in [-0.15, -0.1) is 10.2 Å².